The molecule has 1 atom stereocenters. The molecule has 0 amide bonds. The maximum absolute atomic E-state index is 5.88. The predicted molar refractivity (Wildman–Crippen MR) is 76.3 cm³/mol. The number of hydrogen-bond acceptors (Lipinski definition) is 4. The predicted octanol–water partition coefficient (Wildman–Crippen LogP) is 1.92. The monoisotopic (exact) mass is 272 g/mol. The molecule has 0 spiro atoms. The molecule has 2 aromatic rings. The minimum absolute atomic E-state index is 0.135. The summed E-state index contributed by atoms with van der Waals surface area (Å²) in [6.07, 6.45) is 1.79. The molecule has 1 unspecified atom stereocenters. The second-order valence-electron chi connectivity index (χ2n) is 5.39. The molecule has 1 aromatic carbocycles. The highest BCUT2D eigenvalue weighted by atomic mass is 16.5. The van der Waals surface area contributed by atoms with Gasteiger partial charge in [-0.05, 0) is 25.3 Å². The third-order valence-electron chi connectivity index (χ3n) is 4.03. The van der Waals surface area contributed by atoms with E-state index in [1.54, 1.807) is 0 Å². The van der Waals surface area contributed by atoms with Crippen molar-refractivity contribution in [2.75, 3.05) is 13.2 Å². The number of hydrogen-bond donors (Lipinski definition) is 2. The van der Waals surface area contributed by atoms with Crippen molar-refractivity contribution in [2.24, 2.45) is 5.73 Å². The zero-order chi connectivity index (χ0) is 14.0. The van der Waals surface area contributed by atoms with Crippen LogP contribution in [0.4, 0.5) is 0 Å². The van der Waals surface area contributed by atoms with Crippen molar-refractivity contribution in [3.05, 3.63) is 47.5 Å². The van der Waals surface area contributed by atoms with Crippen LogP contribution in [0.15, 0.2) is 30.3 Å². The van der Waals surface area contributed by atoms with Gasteiger partial charge in [-0.25, -0.2) is 4.98 Å². The minimum Gasteiger partial charge on any atom is -0.381 e. The Balaban J connectivity index is 2.05. The summed E-state index contributed by atoms with van der Waals surface area (Å²) in [6.45, 7) is 3.37. The lowest BCUT2D eigenvalue weighted by molar-refractivity contribution is 0.0605. The van der Waals surface area contributed by atoms with E-state index >= 15 is 0 Å². The molecule has 1 aliphatic rings. The first-order valence-corrected chi connectivity index (χ1v) is 7.04. The van der Waals surface area contributed by atoms with Crippen LogP contribution in [0, 0.1) is 0 Å². The fraction of sp³-hybridized carbons (Fsp3) is 0.467. The van der Waals surface area contributed by atoms with E-state index < -0.39 is 0 Å². The van der Waals surface area contributed by atoms with E-state index in [0.717, 1.165) is 37.7 Å². The maximum Gasteiger partial charge on any atom is 0.161 e. The molecule has 3 N–H and O–H groups in total. The van der Waals surface area contributed by atoms with Crippen molar-refractivity contribution in [2.45, 2.75) is 31.2 Å². The molecule has 0 bridgehead atoms. The Labute approximate surface area is 118 Å². The molecule has 1 saturated heterocycles. The van der Waals surface area contributed by atoms with Gasteiger partial charge in [0.25, 0.3) is 0 Å². The first-order valence-electron chi connectivity index (χ1n) is 7.04. The first kappa shape index (κ1) is 13.3. The quantitative estimate of drug-likeness (QED) is 0.895. The van der Waals surface area contributed by atoms with Gasteiger partial charge in [0.1, 0.15) is 5.82 Å². The van der Waals surface area contributed by atoms with Crippen LogP contribution in [0.3, 0.4) is 0 Å². The molecule has 0 radical (unpaired) electrons. The van der Waals surface area contributed by atoms with E-state index in [0.29, 0.717) is 0 Å². The average Bonchev–Trinajstić information content (AvgIpc) is 2.99. The molecule has 1 aromatic heterocycles. The summed E-state index contributed by atoms with van der Waals surface area (Å²) in [5, 5.41) is 7.41. The smallest absolute Gasteiger partial charge is 0.161 e. The number of nitrogens with zero attached hydrogens (tertiary/aromatic N) is 2. The van der Waals surface area contributed by atoms with Gasteiger partial charge in [-0.15, -0.1) is 0 Å². The van der Waals surface area contributed by atoms with Gasteiger partial charge in [0, 0.05) is 13.2 Å². The number of nitrogens with one attached hydrogen (secondary N) is 1. The van der Waals surface area contributed by atoms with Crippen LogP contribution in [0.2, 0.25) is 0 Å². The Morgan fingerprint density at radius 1 is 1.25 bits per heavy atom. The Morgan fingerprint density at radius 3 is 2.55 bits per heavy atom. The van der Waals surface area contributed by atoms with Crippen molar-refractivity contribution in [1.29, 1.82) is 0 Å². The van der Waals surface area contributed by atoms with Gasteiger partial charge in [-0.3, -0.25) is 5.10 Å². The summed E-state index contributed by atoms with van der Waals surface area (Å²) in [4.78, 5) is 4.63. The zero-order valence-corrected chi connectivity index (χ0v) is 11.7. The van der Waals surface area contributed by atoms with Gasteiger partial charge in [-0.2, -0.15) is 5.10 Å². The highest BCUT2D eigenvalue weighted by molar-refractivity contribution is 5.33. The SMILES string of the molecule is CC(N)c1nc(C2(c3ccccc3)CCOCC2)n[nH]1. The lowest BCUT2D eigenvalue weighted by Crippen LogP contribution is -2.36. The third kappa shape index (κ3) is 2.23. The van der Waals surface area contributed by atoms with Gasteiger partial charge in [0.2, 0.25) is 0 Å². The standard InChI is InChI=1S/C15H20N4O/c1-11(16)13-17-14(19-18-13)15(7-9-20-10-8-15)12-5-3-2-4-6-12/h2-6,11H,7-10,16H2,1H3,(H,17,18,19). The summed E-state index contributed by atoms with van der Waals surface area (Å²) in [6, 6.07) is 10.3. The fourth-order valence-corrected chi connectivity index (χ4v) is 2.81. The van der Waals surface area contributed by atoms with Crippen LogP contribution >= 0.6 is 0 Å². The summed E-state index contributed by atoms with van der Waals surface area (Å²) >= 11 is 0. The number of rotatable bonds is 3. The molecule has 1 fully saturated rings. The Hall–Kier alpha value is -1.72. The average molecular weight is 272 g/mol. The zero-order valence-electron chi connectivity index (χ0n) is 11.7. The molecule has 1 aliphatic heterocycles. The van der Waals surface area contributed by atoms with E-state index in [1.165, 1.54) is 5.56 Å². The largest absolute Gasteiger partial charge is 0.381 e. The van der Waals surface area contributed by atoms with E-state index in [-0.39, 0.29) is 11.5 Å². The van der Waals surface area contributed by atoms with Gasteiger partial charge >= 0.3 is 0 Å². The molecule has 3 rings (SSSR count). The van der Waals surface area contributed by atoms with Gasteiger partial charge in [-0.1, -0.05) is 30.3 Å². The van der Waals surface area contributed by atoms with Gasteiger partial charge < -0.3 is 10.5 Å². The van der Waals surface area contributed by atoms with Crippen LogP contribution in [0.5, 0.6) is 0 Å². The Morgan fingerprint density at radius 2 is 1.95 bits per heavy atom. The second-order valence-corrected chi connectivity index (χ2v) is 5.39. The molecule has 20 heavy (non-hydrogen) atoms. The van der Waals surface area contributed by atoms with E-state index in [1.807, 2.05) is 13.0 Å². The minimum atomic E-state index is -0.164. The fourth-order valence-electron chi connectivity index (χ4n) is 2.81. The number of H-pyrrole nitrogens is 1. The second kappa shape index (κ2) is 5.34. The maximum atomic E-state index is 5.88. The van der Waals surface area contributed by atoms with Crippen LogP contribution in [-0.2, 0) is 10.2 Å². The molecule has 5 heteroatoms. The number of benzene rings is 1. The summed E-state index contributed by atoms with van der Waals surface area (Å²) in [5.74, 6) is 1.57. The normalized spacial score (nSPS) is 19.7. The van der Waals surface area contributed by atoms with Crippen molar-refractivity contribution in [1.82, 2.24) is 15.2 Å². The summed E-state index contributed by atoms with van der Waals surface area (Å²) < 4.78 is 5.53. The Bertz CT molecular complexity index is 558. The highest BCUT2D eigenvalue weighted by Crippen LogP contribution is 2.39. The van der Waals surface area contributed by atoms with Crippen LogP contribution in [0.25, 0.3) is 0 Å². The lowest BCUT2D eigenvalue weighted by Gasteiger charge is -2.35. The van der Waals surface area contributed by atoms with E-state index in [4.69, 9.17) is 10.5 Å². The van der Waals surface area contributed by atoms with E-state index in [2.05, 4.69) is 39.4 Å². The van der Waals surface area contributed by atoms with Crippen LogP contribution in [0.1, 0.15) is 43.0 Å². The van der Waals surface area contributed by atoms with Crippen molar-refractivity contribution < 1.29 is 4.74 Å². The molecule has 0 saturated carbocycles. The number of aromatic nitrogens is 3. The van der Waals surface area contributed by atoms with Crippen molar-refractivity contribution in [3.63, 3.8) is 0 Å². The van der Waals surface area contributed by atoms with Crippen LogP contribution in [-0.4, -0.2) is 28.4 Å². The van der Waals surface area contributed by atoms with Gasteiger partial charge in [0.15, 0.2) is 5.82 Å². The molecule has 106 valence electrons. The van der Waals surface area contributed by atoms with Crippen LogP contribution < -0.4 is 5.73 Å². The van der Waals surface area contributed by atoms with Crippen molar-refractivity contribution in [3.8, 4) is 0 Å². The first-order chi connectivity index (χ1) is 9.72. The lowest BCUT2D eigenvalue weighted by atomic mass is 9.73. The molecular formula is C15H20N4O. The Kier molecular flexibility index (Phi) is 3.54. The number of aromatic amines is 1. The summed E-state index contributed by atoms with van der Waals surface area (Å²) in [5.41, 5.74) is 6.97. The highest BCUT2D eigenvalue weighted by Gasteiger charge is 2.39. The van der Waals surface area contributed by atoms with Gasteiger partial charge in [0.05, 0.1) is 11.5 Å². The summed E-state index contributed by atoms with van der Waals surface area (Å²) in [7, 11) is 0. The molecular weight excluding hydrogens is 252 g/mol. The molecule has 0 aliphatic carbocycles. The molecule has 2 heterocycles. The molecule has 5 nitrogen and oxygen atoms in total. The third-order valence-corrected chi connectivity index (χ3v) is 4.03. The van der Waals surface area contributed by atoms with E-state index in [9.17, 15) is 0 Å². The van der Waals surface area contributed by atoms with Crippen molar-refractivity contribution >= 4 is 0 Å². The number of nitrogens with two attached hydrogens (primary N) is 1. The number of ether oxygens (including phenoxy) is 1. The topological polar surface area (TPSA) is 76.8 Å².